The lowest BCUT2D eigenvalue weighted by atomic mass is 10.1. The number of rotatable bonds is 2. The summed E-state index contributed by atoms with van der Waals surface area (Å²) in [6.45, 7) is 0. The molecule has 1 rings (SSSR count). The number of hydrogen-bond acceptors (Lipinski definition) is 2. The molecule has 0 radical (unpaired) electrons. The summed E-state index contributed by atoms with van der Waals surface area (Å²) in [4.78, 5) is 10.6. The Balaban J connectivity index is 3.07. The summed E-state index contributed by atoms with van der Waals surface area (Å²) in [5.74, 6) is -1.18. The van der Waals surface area contributed by atoms with Crippen molar-refractivity contribution in [3.05, 3.63) is 41.1 Å². The van der Waals surface area contributed by atoms with Gasteiger partial charge in [-0.3, -0.25) is 0 Å². The van der Waals surface area contributed by atoms with Crippen molar-refractivity contribution in [3.8, 4) is 0 Å². The fourth-order valence-electron chi connectivity index (χ4n) is 0.883. The Morgan fingerprint density at radius 2 is 1.85 bits per heavy atom. The molecule has 0 saturated carbocycles. The van der Waals surface area contributed by atoms with Crippen molar-refractivity contribution < 1.29 is 15.0 Å². The third-order valence-corrected chi connectivity index (χ3v) is 1.77. The van der Waals surface area contributed by atoms with E-state index in [9.17, 15) is 4.79 Å². The lowest BCUT2D eigenvalue weighted by Crippen LogP contribution is -1.99. The quantitative estimate of drug-likeness (QED) is 0.567. The molecule has 1 aromatic rings. The minimum atomic E-state index is -1.18. The molecule has 1 aromatic carbocycles. The molecule has 0 heterocycles. The summed E-state index contributed by atoms with van der Waals surface area (Å²) in [7, 11) is 0. The Morgan fingerprint density at radius 3 is 2.23 bits per heavy atom. The lowest BCUT2D eigenvalue weighted by molar-refractivity contribution is -0.130. The van der Waals surface area contributed by atoms with Crippen LogP contribution in [0.25, 0.3) is 5.57 Å². The van der Waals surface area contributed by atoms with Crippen LogP contribution in [0.1, 0.15) is 5.56 Å². The molecule has 0 saturated heterocycles. The number of halogens is 1. The Morgan fingerprint density at radius 1 is 1.31 bits per heavy atom. The number of aliphatic carboxylic acids is 1. The second kappa shape index (κ2) is 3.96. The molecule has 3 nitrogen and oxygen atoms in total. The predicted octanol–water partition coefficient (Wildman–Crippen LogP) is 2.32. The fraction of sp³-hybridized carbons (Fsp3) is 0. The van der Waals surface area contributed by atoms with Gasteiger partial charge in [0, 0.05) is 5.02 Å². The van der Waals surface area contributed by atoms with Gasteiger partial charge in [-0.15, -0.1) is 0 Å². The van der Waals surface area contributed by atoms with Gasteiger partial charge in [-0.05, 0) is 17.7 Å². The van der Waals surface area contributed by atoms with Crippen molar-refractivity contribution in [2.45, 2.75) is 0 Å². The molecule has 0 aliphatic carbocycles. The van der Waals surface area contributed by atoms with E-state index in [0.29, 0.717) is 16.8 Å². The molecule has 0 unspecified atom stereocenters. The molecule has 0 aromatic heterocycles. The fourth-order valence-corrected chi connectivity index (χ4v) is 1.01. The first-order chi connectivity index (χ1) is 6.15. The highest BCUT2D eigenvalue weighted by Gasteiger charge is 2.09. The van der Waals surface area contributed by atoms with Crippen LogP contribution < -0.4 is 0 Å². The van der Waals surface area contributed by atoms with E-state index in [0.717, 1.165) is 0 Å². The summed E-state index contributed by atoms with van der Waals surface area (Å²) < 4.78 is 0. The summed E-state index contributed by atoms with van der Waals surface area (Å²) in [6.07, 6.45) is 0.561. The van der Waals surface area contributed by atoms with E-state index in [1.54, 1.807) is 12.1 Å². The van der Waals surface area contributed by atoms with E-state index < -0.39 is 5.97 Å². The molecule has 0 aliphatic rings. The second-order valence-electron chi connectivity index (χ2n) is 2.35. The largest absolute Gasteiger partial charge is 0.515 e. The van der Waals surface area contributed by atoms with E-state index in [4.69, 9.17) is 21.8 Å². The maximum Gasteiger partial charge on any atom is 0.339 e. The number of aliphatic hydroxyl groups excluding tert-OH is 1. The Bertz CT molecular complexity index is 340. The average Bonchev–Trinajstić information content (AvgIpc) is 2.09. The average molecular weight is 199 g/mol. The first-order valence-corrected chi connectivity index (χ1v) is 3.86. The van der Waals surface area contributed by atoms with Gasteiger partial charge in [-0.1, -0.05) is 23.7 Å². The van der Waals surface area contributed by atoms with Gasteiger partial charge in [0.15, 0.2) is 0 Å². The van der Waals surface area contributed by atoms with Crippen LogP contribution >= 0.6 is 11.6 Å². The Kier molecular flexibility index (Phi) is 2.93. The maximum absolute atomic E-state index is 10.6. The van der Waals surface area contributed by atoms with Crippen LogP contribution in [0.3, 0.4) is 0 Å². The van der Waals surface area contributed by atoms with E-state index in [1.807, 2.05) is 0 Å². The first kappa shape index (κ1) is 9.61. The number of carboxylic acid groups (broad SMARTS) is 1. The SMILES string of the molecule is O=C(O)C(=CO)c1ccc(Cl)cc1. The first-order valence-electron chi connectivity index (χ1n) is 3.48. The van der Waals surface area contributed by atoms with Crippen molar-refractivity contribution in [1.29, 1.82) is 0 Å². The van der Waals surface area contributed by atoms with Crippen LogP contribution in [-0.4, -0.2) is 16.2 Å². The molecule has 0 atom stereocenters. The van der Waals surface area contributed by atoms with E-state index in [2.05, 4.69) is 0 Å². The molecule has 0 bridgehead atoms. The lowest BCUT2D eigenvalue weighted by Gasteiger charge is -1.99. The molecule has 0 aliphatic heterocycles. The van der Waals surface area contributed by atoms with Crippen molar-refractivity contribution in [3.63, 3.8) is 0 Å². The van der Waals surface area contributed by atoms with Crippen LogP contribution in [0.15, 0.2) is 30.5 Å². The van der Waals surface area contributed by atoms with E-state index in [1.165, 1.54) is 12.1 Å². The van der Waals surface area contributed by atoms with Gasteiger partial charge in [-0.25, -0.2) is 4.79 Å². The molecule has 2 N–H and O–H groups in total. The normalized spacial score (nSPS) is 11.3. The highest BCUT2D eigenvalue weighted by Crippen LogP contribution is 2.16. The Hall–Kier alpha value is -1.48. The van der Waals surface area contributed by atoms with Gasteiger partial charge in [0.2, 0.25) is 0 Å². The predicted molar refractivity (Wildman–Crippen MR) is 49.7 cm³/mol. The third kappa shape index (κ3) is 2.23. The third-order valence-electron chi connectivity index (χ3n) is 1.51. The second-order valence-corrected chi connectivity index (χ2v) is 2.79. The Labute approximate surface area is 79.9 Å². The summed E-state index contributed by atoms with van der Waals surface area (Å²) in [6, 6.07) is 6.17. The maximum atomic E-state index is 10.6. The molecular weight excluding hydrogens is 192 g/mol. The molecule has 0 fully saturated rings. The highest BCUT2D eigenvalue weighted by molar-refractivity contribution is 6.30. The van der Waals surface area contributed by atoms with Crippen LogP contribution in [-0.2, 0) is 4.79 Å². The zero-order chi connectivity index (χ0) is 9.84. The topological polar surface area (TPSA) is 57.5 Å². The highest BCUT2D eigenvalue weighted by atomic mass is 35.5. The van der Waals surface area contributed by atoms with Gasteiger partial charge in [0.05, 0.1) is 6.26 Å². The molecule has 68 valence electrons. The van der Waals surface area contributed by atoms with Crippen molar-refractivity contribution in [2.24, 2.45) is 0 Å². The van der Waals surface area contributed by atoms with Gasteiger partial charge < -0.3 is 10.2 Å². The molecule has 0 amide bonds. The monoisotopic (exact) mass is 198 g/mol. The van der Waals surface area contributed by atoms with Gasteiger partial charge >= 0.3 is 5.97 Å². The zero-order valence-corrected chi connectivity index (χ0v) is 7.32. The van der Waals surface area contributed by atoms with E-state index >= 15 is 0 Å². The molecule has 4 heteroatoms. The molecule has 13 heavy (non-hydrogen) atoms. The summed E-state index contributed by atoms with van der Waals surface area (Å²) in [5.41, 5.74) is 0.260. The van der Waals surface area contributed by atoms with Gasteiger partial charge in [0.1, 0.15) is 5.57 Å². The van der Waals surface area contributed by atoms with Gasteiger partial charge in [-0.2, -0.15) is 0 Å². The van der Waals surface area contributed by atoms with Crippen molar-refractivity contribution in [2.75, 3.05) is 0 Å². The minimum Gasteiger partial charge on any atom is -0.515 e. The van der Waals surface area contributed by atoms with Crippen LogP contribution in [0.5, 0.6) is 0 Å². The molecular formula is C9H7ClO3. The number of carboxylic acids is 1. The minimum absolute atomic E-state index is 0.156. The summed E-state index contributed by atoms with van der Waals surface area (Å²) in [5, 5.41) is 17.8. The van der Waals surface area contributed by atoms with Crippen LogP contribution in [0.2, 0.25) is 5.02 Å². The smallest absolute Gasteiger partial charge is 0.339 e. The van der Waals surface area contributed by atoms with Crippen molar-refractivity contribution >= 4 is 23.1 Å². The summed E-state index contributed by atoms with van der Waals surface area (Å²) >= 11 is 5.61. The standard InChI is InChI=1S/C9H7ClO3/c10-7-3-1-6(2-4-7)8(5-11)9(12)13/h1-5,11H,(H,12,13). The number of carbonyl (C=O) groups is 1. The zero-order valence-electron chi connectivity index (χ0n) is 6.57. The van der Waals surface area contributed by atoms with Crippen LogP contribution in [0.4, 0.5) is 0 Å². The van der Waals surface area contributed by atoms with Crippen molar-refractivity contribution in [1.82, 2.24) is 0 Å². The van der Waals surface area contributed by atoms with Crippen LogP contribution in [0, 0.1) is 0 Å². The van der Waals surface area contributed by atoms with Gasteiger partial charge in [0.25, 0.3) is 0 Å². The number of benzene rings is 1. The number of hydrogen-bond donors (Lipinski definition) is 2. The number of aliphatic hydroxyl groups is 1. The molecule has 0 spiro atoms. The van der Waals surface area contributed by atoms with E-state index in [-0.39, 0.29) is 5.57 Å².